The van der Waals surface area contributed by atoms with Crippen molar-refractivity contribution in [3.05, 3.63) is 46.2 Å². The zero-order chi connectivity index (χ0) is 16.8. The van der Waals surface area contributed by atoms with Gasteiger partial charge in [0.1, 0.15) is 0 Å². The van der Waals surface area contributed by atoms with Crippen LogP contribution in [-0.2, 0) is 10.0 Å². The molecule has 0 aliphatic heterocycles. The van der Waals surface area contributed by atoms with E-state index in [1.165, 1.54) is 4.52 Å². The fourth-order valence-electron chi connectivity index (χ4n) is 2.19. The molecule has 120 valence electrons. The molecule has 7 nitrogen and oxygen atoms in total. The van der Waals surface area contributed by atoms with Crippen LogP contribution >= 0.6 is 11.6 Å². The number of sulfonamides is 1. The Hall–Kier alpha value is -2.19. The first-order chi connectivity index (χ1) is 10.8. The van der Waals surface area contributed by atoms with Gasteiger partial charge in [0.15, 0.2) is 0 Å². The van der Waals surface area contributed by atoms with Crippen LogP contribution in [0.1, 0.15) is 17.0 Å². The summed E-state index contributed by atoms with van der Waals surface area (Å²) in [7, 11) is -3.92. The van der Waals surface area contributed by atoms with E-state index in [1.807, 2.05) is 13.8 Å². The Morgan fingerprint density at radius 2 is 1.87 bits per heavy atom. The molecule has 9 heteroatoms. The molecule has 1 aromatic carbocycles. The molecular weight excluding hydrogens is 338 g/mol. The van der Waals surface area contributed by atoms with Crippen LogP contribution < -0.4 is 4.72 Å². The third kappa shape index (κ3) is 2.99. The quantitative estimate of drug-likeness (QED) is 0.783. The van der Waals surface area contributed by atoms with Gasteiger partial charge in [-0.3, -0.25) is 4.72 Å². The highest BCUT2D eigenvalue weighted by atomic mass is 35.5. The van der Waals surface area contributed by atoms with Gasteiger partial charge in [0.2, 0.25) is 0 Å². The molecule has 2 heterocycles. The van der Waals surface area contributed by atoms with Crippen molar-refractivity contribution in [1.82, 2.24) is 19.6 Å². The number of anilines is 1. The predicted molar refractivity (Wildman–Crippen MR) is 87.3 cm³/mol. The summed E-state index contributed by atoms with van der Waals surface area (Å²) in [5, 5.41) is 4.24. The van der Waals surface area contributed by atoms with E-state index in [0.717, 1.165) is 11.4 Å². The topological polar surface area (TPSA) is 89.3 Å². The van der Waals surface area contributed by atoms with Crippen LogP contribution in [0.5, 0.6) is 0 Å². The Morgan fingerprint density at radius 1 is 1.13 bits per heavy atom. The van der Waals surface area contributed by atoms with E-state index in [1.54, 1.807) is 31.2 Å². The van der Waals surface area contributed by atoms with Gasteiger partial charge < -0.3 is 0 Å². The molecule has 3 aromatic rings. The maximum atomic E-state index is 12.5. The second-order valence-electron chi connectivity index (χ2n) is 5.21. The summed E-state index contributed by atoms with van der Waals surface area (Å²) in [6.45, 7) is 5.38. The molecule has 0 atom stereocenters. The number of nitrogens with one attached hydrogen (secondary N) is 1. The average Bonchev–Trinajstić information content (AvgIpc) is 2.87. The van der Waals surface area contributed by atoms with Crippen LogP contribution in [0.2, 0.25) is 5.02 Å². The van der Waals surface area contributed by atoms with Crippen molar-refractivity contribution in [3.63, 3.8) is 0 Å². The zero-order valence-corrected chi connectivity index (χ0v) is 14.3. The minimum absolute atomic E-state index is 0.246. The highest BCUT2D eigenvalue weighted by Gasteiger charge is 2.22. The molecule has 0 saturated carbocycles. The summed E-state index contributed by atoms with van der Waals surface area (Å²) in [5.74, 6) is 0.246. The molecule has 3 rings (SSSR count). The molecule has 23 heavy (non-hydrogen) atoms. The number of halogens is 1. The Balaban J connectivity index is 2.04. The SMILES string of the molecule is Cc1cc(C)n2nc(S(=O)(=O)Nc3ccc(Cl)cc3C)nc2n1. The van der Waals surface area contributed by atoms with Crippen molar-refractivity contribution in [3.8, 4) is 0 Å². The van der Waals surface area contributed by atoms with Crippen molar-refractivity contribution in [2.45, 2.75) is 25.9 Å². The van der Waals surface area contributed by atoms with Crippen LogP contribution in [0, 0.1) is 20.8 Å². The zero-order valence-electron chi connectivity index (χ0n) is 12.7. The van der Waals surface area contributed by atoms with E-state index < -0.39 is 10.0 Å². The van der Waals surface area contributed by atoms with Gasteiger partial charge in [0.25, 0.3) is 21.0 Å². The van der Waals surface area contributed by atoms with Gasteiger partial charge in [-0.1, -0.05) is 11.6 Å². The summed E-state index contributed by atoms with van der Waals surface area (Å²) >= 11 is 5.88. The summed E-state index contributed by atoms with van der Waals surface area (Å²) < 4.78 is 28.9. The summed E-state index contributed by atoms with van der Waals surface area (Å²) in [6, 6.07) is 6.68. The number of hydrogen-bond acceptors (Lipinski definition) is 5. The van der Waals surface area contributed by atoms with Gasteiger partial charge in [-0.25, -0.2) is 9.50 Å². The molecule has 0 bridgehead atoms. The monoisotopic (exact) mass is 351 g/mol. The summed E-state index contributed by atoms with van der Waals surface area (Å²) in [5.41, 5.74) is 2.63. The van der Waals surface area contributed by atoms with E-state index >= 15 is 0 Å². The number of hydrogen-bond donors (Lipinski definition) is 1. The number of nitrogens with zero attached hydrogens (tertiary/aromatic N) is 4. The lowest BCUT2D eigenvalue weighted by Gasteiger charge is -2.08. The van der Waals surface area contributed by atoms with Crippen LogP contribution in [-0.4, -0.2) is 28.0 Å². The fourth-order valence-corrected chi connectivity index (χ4v) is 3.42. The lowest BCUT2D eigenvalue weighted by Crippen LogP contribution is -2.15. The number of aryl methyl sites for hydroxylation is 3. The van der Waals surface area contributed by atoms with Gasteiger partial charge in [-0.2, -0.15) is 13.4 Å². The normalized spacial score (nSPS) is 11.8. The Morgan fingerprint density at radius 3 is 2.57 bits per heavy atom. The summed E-state index contributed by atoms with van der Waals surface area (Å²) in [6.07, 6.45) is 0. The number of aromatic nitrogens is 4. The third-order valence-corrected chi connectivity index (χ3v) is 4.65. The van der Waals surface area contributed by atoms with Gasteiger partial charge in [0.05, 0.1) is 5.69 Å². The van der Waals surface area contributed by atoms with E-state index in [-0.39, 0.29) is 10.9 Å². The van der Waals surface area contributed by atoms with Crippen LogP contribution in [0.25, 0.3) is 5.78 Å². The van der Waals surface area contributed by atoms with Gasteiger partial charge in [0, 0.05) is 16.4 Å². The Labute approximate surface area is 138 Å². The molecule has 0 spiro atoms. The molecule has 0 unspecified atom stereocenters. The lowest BCUT2D eigenvalue weighted by atomic mass is 10.2. The second kappa shape index (κ2) is 5.47. The minimum atomic E-state index is -3.92. The van der Waals surface area contributed by atoms with Crippen LogP contribution in [0.3, 0.4) is 0 Å². The van der Waals surface area contributed by atoms with Crippen LogP contribution in [0.4, 0.5) is 5.69 Å². The van der Waals surface area contributed by atoms with Gasteiger partial charge >= 0.3 is 0 Å². The van der Waals surface area contributed by atoms with Crippen molar-refractivity contribution in [2.75, 3.05) is 4.72 Å². The van der Waals surface area contributed by atoms with E-state index in [2.05, 4.69) is 19.8 Å². The van der Waals surface area contributed by atoms with Gasteiger partial charge in [-0.15, -0.1) is 5.10 Å². The molecule has 0 fully saturated rings. The Bertz CT molecular complexity index is 1010. The molecular formula is C14H14ClN5O2S. The summed E-state index contributed by atoms with van der Waals surface area (Å²) in [4.78, 5) is 8.20. The smallest absolute Gasteiger partial charge is 0.277 e. The number of fused-ring (bicyclic) bond motifs is 1. The molecule has 0 amide bonds. The third-order valence-electron chi connectivity index (χ3n) is 3.27. The van der Waals surface area contributed by atoms with Crippen molar-refractivity contribution < 1.29 is 8.42 Å². The standard InChI is InChI=1S/C14H14ClN5O2S/c1-8-6-11(15)4-5-12(8)19-23(21,22)14-17-13-16-9(2)7-10(3)20(13)18-14/h4-7,19H,1-3H3. The van der Waals surface area contributed by atoms with Crippen LogP contribution in [0.15, 0.2) is 29.4 Å². The first-order valence-electron chi connectivity index (χ1n) is 6.76. The van der Waals surface area contributed by atoms with Crippen molar-refractivity contribution in [2.24, 2.45) is 0 Å². The minimum Gasteiger partial charge on any atom is -0.277 e. The first-order valence-corrected chi connectivity index (χ1v) is 8.62. The molecule has 0 radical (unpaired) electrons. The maximum Gasteiger partial charge on any atom is 0.299 e. The highest BCUT2D eigenvalue weighted by Crippen LogP contribution is 2.22. The maximum absolute atomic E-state index is 12.5. The molecule has 0 aliphatic carbocycles. The predicted octanol–water partition coefficient (Wildman–Crippen LogP) is 2.50. The van der Waals surface area contributed by atoms with Crippen molar-refractivity contribution in [1.29, 1.82) is 0 Å². The molecule has 2 aromatic heterocycles. The van der Waals surface area contributed by atoms with E-state index in [4.69, 9.17) is 11.6 Å². The number of benzene rings is 1. The molecule has 0 saturated heterocycles. The lowest BCUT2D eigenvalue weighted by molar-refractivity contribution is 0.592. The fraction of sp³-hybridized carbons (Fsp3) is 0.214. The van der Waals surface area contributed by atoms with E-state index in [0.29, 0.717) is 16.3 Å². The largest absolute Gasteiger partial charge is 0.299 e. The van der Waals surface area contributed by atoms with Crippen molar-refractivity contribution >= 4 is 33.1 Å². The number of rotatable bonds is 3. The first kappa shape index (κ1) is 15.7. The average molecular weight is 352 g/mol. The second-order valence-corrected chi connectivity index (χ2v) is 7.22. The van der Waals surface area contributed by atoms with Gasteiger partial charge in [-0.05, 0) is 50.6 Å². The molecule has 1 N–H and O–H groups in total. The van der Waals surface area contributed by atoms with E-state index in [9.17, 15) is 8.42 Å². The molecule has 0 aliphatic rings. The Kier molecular flexibility index (Phi) is 3.73. The highest BCUT2D eigenvalue weighted by molar-refractivity contribution is 7.92.